The van der Waals surface area contributed by atoms with Crippen LogP contribution in [0.2, 0.25) is 0 Å². The molecule has 5 heteroatoms. The molecule has 0 saturated carbocycles. The first-order chi connectivity index (χ1) is 10.6. The third-order valence-corrected chi connectivity index (χ3v) is 3.69. The van der Waals surface area contributed by atoms with E-state index in [1.807, 2.05) is 43.0 Å². The second-order valence-electron chi connectivity index (χ2n) is 5.92. The van der Waals surface area contributed by atoms with Crippen LogP contribution in [0, 0.1) is 0 Å². The smallest absolute Gasteiger partial charge is 0.322 e. The number of rotatable bonds is 5. The Kier molecular flexibility index (Phi) is 6.07. The molecule has 1 aromatic rings. The number of carbonyl (C=O) groups excluding carboxylic acids is 1. The van der Waals surface area contributed by atoms with E-state index in [4.69, 9.17) is 4.74 Å². The summed E-state index contributed by atoms with van der Waals surface area (Å²) in [6.07, 6.45) is 1.24. The molecule has 1 saturated heterocycles. The summed E-state index contributed by atoms with van der Waals surface area (Å²) >= 11 is 0. The van der Waals surface area contributed by atoms with Gasteiger partial charge in [0.2, 0.25) is 0 Å². The molecule has 22 heavy (non-hydrogen) atoms. The maximum atomic E-state index is 12.4. The molecule has 1 fully saturated rings. The molecule has 0 aromatic heterocycles. The molecular weight excluding hydrogens is 278 g/mol. The molecule has 1 aliphatic heterocycles. The van der Waals surface area contributed by atoms with Crippen molar-refractivity contribution in [3.05, 3.63) is 24.3 Å². The van der Waals surface area contributed by atoms with Crippen molar-refractivity contribution in [3.63, 3.8) is 0 Å². The van der Waals surface area contributed by atoms with Crippen molar-refractivity contribution < 1.29 is 9.53 Å². The maximum absolute atomic E-state index is 12.4. The van der Waals surface area contributed by atoms with E-state index in [0.29, 0.717) is 0 Å². The van der Waals surface area contributed by atoms with Gasteiger partial charge in [-0.05, 0) is 38.9 Å². The van der Waals surface area contributed by atoms with Gasteiger partial charge in [-0.2, -0.15) is 0 Å². The van der Waals surface area contributed by atoms with Gasteiger partial charge in [-0.15, -0.1) is 0 Å². The number of para-hydroxylation sites is 2. The SMILES string of the molecule is CCCN1CCN(C(=O)Nc2ccccc2OC(C)C)CC1. The highest BCUT2D eigenvalue weighted by Crippen LogP contribution is 2.25. The highest BCUT2D eigenvalue weighted by atomic mass is 16.5. The first-order valence-electron chi connectivity index (χ1n) is 8.14. The number of nitrogens with zero attached hydrogens (tertiary/aromatic N) is 2. The molecule has 0 atom stereocenters. The van der Waals surface area contributed by atoms with Crippen LogP contribution < -0.4 is 10.1 Å². The van der Waals surface area contributed by atoms with Crippen molar-refractivity contribution in [1.29, 1.82) is 0 Å². The molecule has 1 aliphatic rings. The summed E-state index contributed by atoms with van der Waals surface area (Å²) in [4.78, 5) is 16.7. The quantitative estimate of drug-likeness (QED) is 0.909. The third kappa shape index (κ3) is 4.63. The second-order valence-corrected chi connectivity index (χ2v) is 5.92. The summed E-state index contributed by atoms with van der Waals surface area (Å²) in [5, 5.41) is 2.98. The number of piperazine rings is 1. The molecule has 0 bridgehead atoms. The first kappa shape index (κ1) is 16.6. The number of ether oxygens (including phenoxy) is 1. The van der Waals surface area contributed by atoms with Gasteiger partial charge in [-0.3, -0.25) is 4.90 Å². The summed E-state index contributed by atoms with van der Waals surface area (Å²) in [7, 11) is 0. The average molecular weight is 305 g/mol. The van der Waals surface area contributed by atoms with Gasteiger partial charge in [0, 0.05) is 26.2 Å². The highest BCUT2D eigenvalue weighted by molar-refractivity contribution is 5.91. The van der Waals surface area contributed by atoms with E-state index < -0.39 is 0 Å². The molecule has 0 aliphatic carbocycles. The number of anilines is 1. The van der Waals surface area contributed by atoms with Crippen LogP contribution in [0.5, 0.6) is 5.75 Å². The fourth-order valence-electron chi connectivity index (χ4n) is 2.61. The Morgan fingerprint density at radius 3 is 2.55 bits per heavy atom. The summed E-state index contributed by atoms with van der Waals surface area (Å²) in [5.74, 6) is 0.718. The monoisotopic (exact) mass is 305 g/mol. The van der Waals surface area contributed by atoms with E-state index in [1.165, 1.54) is 0 Å². The Hall–Kier alpha value is -1.75. The molecule has 0 radical (unpaired) electrons. The minimum Gasteiger partial charge on any atom is -0.489 e. The number of hydrogen-bond acceptors (Lipinski definition) is 3. The van der Waals surface area contributed by atoms with E-state index in [1.54, 1.807) is 0 Å². The van der Waals surface area contributed by atoms with Gasteiger partial charge in [0.15, 0.2) is 0 Å². The molecule has 122 valence electrons. The number of carbonyl (C=O) groups is 1. The number of benzene rings is 1. The van der Waals surface area contributed by atoms with Crippen LogP contribution in [0.25, 0.3) is 0 Å². The number of amides is 2. The zero-order valence-corrected chi connectivity index (χ0v) is 13.8. The number of hydrogen-bond donors (Lipinski definition) is 1. The van der Waals surface area contributed by atoms with E-state index in [0.717, 1.165) is 50.6 Å². The first-order valence-corrected chi connectivity index (χ1v) is 8.14. The Morgan fingerprint density at radius 1 is 1.23 bits per heavy atom. The second kappa shape index (κ2) is 8.03. The van der Waals surface area contributed by atoms with Gasteiger partial charge in [0.25, 0.3) is 0 Å². The van der Waals surface area contributed by atoms with Crippen molar-refractivity contribution in [2.24, 2.45) is 0 Å². The number of urea groups is 1. The van der Waals surface area contributed by atoms with Crippen molar-refractivity contribution in [2.45, 2.75) is 33.3 Å². The van der Waals surface area contributed by atoms with Gasteiger partial charge in [0.05, 0.1) is 11.8 Å². The highest BCUT2D eigenvalue weighted by Gasteiger charge is 2.21. The Labute approximate surface area is 133 Å². The lowest BCUT2D eigenvalue weighted by atomic mass is 10.2. The molecule has 1 N–H and O–H groups in total. The Balaban J connectivity index is 1.92. The van der Waals surface area contributed by atoms with Crippen LogP contribution in [0.15, 0.2) is 24.3 Å². The van der Waals surface area contributed by atoms with Crippen LogP contribution in [-0.4, -0.2) is 54.7 Å². The summed E-state index contributed by atoms with van der Waals surface area (Å²) in [6, 6.07) is 7.53. The predicted molar refractivity (Wildman–Crippen MR) is 89.5 cm³/mol. The van der Waals surface area contributed by atoms with E-state index in [2.05, 4.69) is 17.1 Å². The lowest BCUT2D eigenvalue weighted by Gasteiger charge is -2.34. The van der Waals surface area contributed by atoms with Crippen LogP contribution in [-0.2, 0) is 0 Å². The molecule has 2 amide bonds. The normalized spacial score (nSPS) is 15.9. The van der Waals surface area contributed by atoms with Crippen molar-refractivity contribution in [3.8, 4) is 5.75 Å². The van der Waals surface area contributed by atoms with E-state index in [-0.39, 0.29) is 12.1 Å². The standard InChI is InChI=1S/C17H27N3O2/c1-4-9-19-10-12-20(13-11-19)17(21)18-15-7-5-6-8-16(15)22-14(2)3/h5-8,14H,4,9-13H2,1-3H3,(H,18,21). The fourth-order valence-corrected chi connectivity index (χ4v) is 2.61. The zero-order chi connectivity index (χ0) is 15.9. The van der Waals surface area contributed by atoms with Crippen molar-refractivity contribution >= 4 is 11.7 Å². The van der Waals surface area contributed by atoms with Gasteiger partial charge < -0.3 is 15.0 Å². The molecule has 1 heterocycles. The molecule has 2 rings (SSSR count). The van der Waals surface area contributed by atoms with E-state index >= 15 is 0 Å². The Bertz CT molecular complexity index is 483. The Morgan fingerprint density at radius 2 is 1.91 bits per heavy atom. The third-order valence-electron chi connectivity index (χ3n) is 3.69. The van der Waals surface area contributed by atoms with Gasteiger partial charge in [-0.25, -0.2) is 4.79 Å². The summed E-state index contributed by atoms with van der Waals surface area (Å²) < 4.78 is 5.74. The lowest BCUT2D eigenvalue weighted by Crippen LogP contribution is -2.50. The van der Waals surface area contributed by atoms with Crippen molar-refractivity contribution in [1.82, 2.24) is 9.80 Å². The lowest BCUT2D eigenvalue weighted by molar-refractivity contribution is 0.147. The summed E-state index contributed by atoms with van der Waals surface area (Å²) in [6.45, 7) is 10.7. The maximum Gasteiger partial charge on any atom is 0.322 e. The minimum absolute atomic E-state index is 0.0454. The largest absolute Gasteiger partial charge is 0.489 e. The van der Waals surface area contributed by atoms with Crippen LogP contribution in [0.3, 0.4) is 0 Å². The minimum atomic E-state index is -0.0454. The molecular formula is C17H27N3O2. The average Bonchev–Trinajstić information content (AvgIpc) is 2.50. The van der Waals surface area contributed by atoms with E-state index in [9.17, 15) is 4.79 Å². The van der Waals surface area contributed by atoms with Crippen LogP contribution >= 0.6 is 0 Å². The molecule has 1 aromatic carbocycles. The number of nitrogens with one attached hydrogen (secondary N) is 1. The zero-order valence-electron chi connectivity index (χ0n) is 13.8. The fraction of sp³-hybridized carbons (Fsp3) is 0.588. The van der Waals surface area contributed by atoms with Gasteiger partial charge >= 0.3 is 6.03 Å². The van der Waals surface area contributed by atoms with Crippen LogP contribution in [0.1, 0.15) is 27.2 Å². The molecule has 5 nitrogen and oxygen atoms in total. The predicted octanol–water partition coefficient (Wildman–Crippen LogP) is 3.03. The summed E-state index contributed by atoms with van der Waals surface area (Å²) in [5.41, 5.74) is 0.734. The van der Waals surface area contributed by atoms with Gasteiger partial charge in [0.1, 0.15) is 5.75 Å². The van der Waals surface area contributed by atoms with Crippen LogP contribution in [0.4, 0.5) is 10.5 Å². The topological polar surface area (TPSA) is 44.8 Å². The molecule has 0 spiro atoms. The molecule has 0 unspecified atom stereocenters. The van der Waals surface area contributed by atoms with Crippen molar-refractivity contribution in [2.75, 3.05) is 38.0 Å². The van der Waals surface area contributed by atoms with Gasteiger partial charge in [-0.1, -0.05) is 19.1 Å².